The second-order valence-corrected chi connectivity index (χ2v) is 6.74. The van der Waals surface area contributed by atoms with Gasteiger partial charge in [-0.3, -0.25) is 9.69 Å². The molecule has 3 amide bonds. The Hall–Kier alpha value is -1.20. The van der Waals surface area contributed by atoms with Gasteiger partial charge < -0.3 is 5.32 Å². The summed E-state index contributed by atoms with van der Waals surface area (Å²) in [7, 11) is 0. The van der Waals surface area contributed by atoms with E-state index in [-0.39, 0.29) is 11.9 Å². The van der Waals surface area contributed by atoms with Gasteiger partial charge in [-0.05, 0) is 31.5 Å². The standard InChI is InChI=1S/C14H17ClN2O2S/c1-14(2)12(18)17(13(19)16-14)6-7-20-9-10-4-3-5-11(15)8-10/h3-5,8H,6-7,9H2,1-2H3,(H,16,19). The van der Waals surface area contributed by atoms with Crippen LogP contribution in [0.25, 0.3) is 0 Å². The Morgan fingerprint density at radius 1 is 1.35 bits per heavy atom. The van der Waals surface area contributed by atoms with Crippen LogP contribution in [0.2, 0.25) is 5.02 Å². The number of nitrogens with one attached hydrogen (secondary N) is 1. The fraction of sp³-hybridized carbons (Fsp3) is 0.429. The van der Waals surface area contributed by atoms with Gasteiger partial charge in [-0.1, -0.05) is 23.7 Å². The molecule has 0 bridgehead atoms. The van der Waals surface area contributed by atoms with Crippen molar-refractivity contribution in [2.24, 2.45) is 0 Å². The van der Waals surface area contributed by atoms with Crippen molar-refractivity contribution in [1.29, 1.82) is 0 Å². The van der Waals surface area contributed by atoms with Gasteiger partial charge >= 0.3 is 6.03 Å². The van der Waals surface area contributed by atoms with E-state index in [9.17, 15) is 9.59 Å². The number of imide groups is 1. The number of carbonyl (C=O) groups is 2. The fourth-order valence-corrected chi connectivity index (χ4v) is 3.08. The van der Waals surface area contributed by atoms with Gasteiger partial charge in [0.2, 0.25) is 0 Å². The van der Waals surface area contributed by atoms with Crippen LogP contribution in [0, 0.1) is 0 Å². The van der Waals surface area contributed by atoms with Crippen LogP contribution in [-0.2, 0) is 10.5 Å². The molecule has 1 N–H and O–H groups in total. The largest absolute Gasteiger partial charge is 0.325 e. The van der Waals surface area contributed by atoms with Gasteiger partial charge in [-0.2, -0.15) is 11.8 Å². The maximum Gasteiger partial charge on any atom is 0.325 e. The van der Waals surface area contributed by atoms with Crippen molar-refractivity contribution in [2.45, 2.75) is 25.1 Å². The summed E-state index contributed by atoms with van der Waals surface area (Å²) in [5.74, 6) is 1.36. The smallest absolute Gasteiger partial charge is 0.324 e. The zero-order valence-corrected chi connectivity index (χ0v) is 13.1. The van der Waals surface area contributed by atoms with Crippen molar-refractivity contribution in [2.75, 3.05) is 12.3 Å². The van der Waals surface area contributed by atoms with Gasteiger partial charge in [0.25, 0.3) is 5.91 Å². The molecule has 1 aliphatic rings. The number of benzene rings is 1. The van der Waals surface area contributed by atoms with Gasteiger partial charge in [-0.15, -0.1) is 0 Å². The molecular weight excluding hydrogens is 296 g/mol. The summed E-state index contributed by atoms with van der Waals surface area (Å²) in [4.78, 5) is 24.9. The van der Waals surface area contributed by atoms with Crippen LogP contribution < -0.4 is 5.32 Å². The molecule has 20 heavy (non-hydrogen) atoms. The summed E-state index contributed by atoms with van der Waals surface area (Å²) in [6.07, 6.45) is 0. The van der Waals surface area contributed by atoms with E-state index in [2.05, 4.69) is 5.32 Å². The highest BCUT2D eigenvalue weighted by molar-refractivity contribution is 7.98. The third kappa shape index (κ3) is 3.46. The first-order valence-electron chi connectivity index (χ1n) is 6.36. The van der Waals surface area contributed by atoms with Gasteiger partial charge in [0.1, 0.15) is 5.54 Å². The maximum atomic E-state index is 12.0. The van der Waals surface area contributed by atoms with Crippen molar-refractivity contribution in [3.8, 4) is 0 Å². The molecule has 6 heteroatoms. The normalized spacial score (nSPS) is 17.4. The van der Waals surface area contributed by atoms with Crippen LogP contribution in [0.15, 0.2) is 24.3 Å². The average molecular weight is 313 g/mol. The SMILES string of the molecule is CC1(C)NC(=O)N(CCSCc2cccc(Cl)c2)C1=O. The first kappa shape index (κ1) is 15.2. The predicted octanol–water partition coefficient (Wildman–Crippen LogP) is 2.90. The molecule has 1 fully saturated rings. The topological polar surface area (TPSA) is 49.4 Å². The van der Waals surface area contributed by atoms with Crippen LogP contribution in [0.4, 0.5) is 4.79 Å². The zero-order valence-electron chi connectivity index (χ0n) is 11.5. The first-order chi connectivity index (χ1) is 9.40. The van der Waals surface area contributed by atoms with Gasteiger partial charge in [-0.25, -0.2) is 4.79 Å². The number of carbonyl (C=O) groups excluding carboxylic acids is 2. The Morgan fingerprint density at radius 3 is 2.70 bits per heavy atom. The van der Waals surface area contributed by atoms with Crippen molar-refractivity contribution >= 4 is 35.3 Å². The molecular formula is C14H17ClN2O2S. The van der Waals surface area contributed by atoms with Gasteiger partial charge in [0, 0.05) is 23.1 Å². The molecule has 0 spiro atoms. The second-order valence-electron chi connectivity index (χ2n) is 5.19. The quantitative estimate of drug-likeness (QED) is 0.672. The predicted molar refractivity (Wildman–Crippen MR) is 81.9 cm³/mol. The van der Waals surface area contributed by atoms with E-state index < -0.39 is 5.54 Å². The van der Waals surface area contributed by atoms with Crippen LogP contribution in [0.5, 0.6) is 0 Å². The van der Waals surface area contributed by atoms with Gasteiger partial charge in [0.15, 0.2) is 0 Å². The number of halogens is 1. The van der Waals surface area contributed by atoms with Crippen molar-refractivity contribution in [1.82, 2.24) is 10.2 Å². The summed E-state index contributed by atoms with van der Waals surface area (Å²) >= 11 is 7.59. The van der Waals surface area contributed by atoms with Crippen LogP contribution in [0.3, 0.4) is 0 Å². The van der Waals surface area contributed by atoms with Crippen molar-refractivity contribution in [3.63, 3.8) is 0 Å². The molecule has 0 aromatic heterocycles. The lowest BCUT2D eigenvalue weighted by Gasteiger charge is -2.15. The molecule has 0 unspecified atom stereocenters. The van der Waals surface area contributed by atoms with Gasteiger partial charge in [0.05, 0.1) is 0 Å². The number of nitrogens with zero attached hydrogens (tertiary/aromatic N) is 1. The summed E-state index contributed by atoms with van der Waals surface area (Å²) in [6, 6.07) is 7.38. The first-order valence-corrected chi connectivity index (χ1v) is 7.90. The minimum Gasteiger partial charge on any atom is -0.324 e. The maximum absolute atomic E-state index is 12.0. The molecule has 0 aliphatic carbocycles. The third-order valence-electron chi connectivity index (χ3n) is 3.06. The minimum atomic E-state index is -0.783. The summed E-state index contributed by atoms with van der Waals surface area (Å²) in [5.41, 5.74) is 0.356. The monoisotopic (exact) mass is 312 g/mol. The highest BCUT2D eigenvalue weighted by Gasteiger charge is 2.43. The Labute approximate surface area is 127 Å². The van der Waals surface area contributed by atoms with Crippen LogP contribution in [0.1, 0.15) is 19.4 Å². The third-order valence-corrected chi connectivity index (χ3v) is 4.31. The summed E-state index contributed by atoms with van der Waals surface area (Å²) < 4.78 is 0. The molecule has 108 valence electrons. The van der Waals surface area contributed by atoms with Crippen LogP contribution in [-0.4, -0.2) is 34.7 Å². The van der Waals surface area contributed by atoms with E-state index >= 15 is 0 Å². The molecule has 0 saturated carbocycles. The van der Waals surface area contributed by atoms with E-state index in [1.165, 1.54) is 4.90 Å². The number of thioether (sulfide) groups is 1. The van der Waals surface area contributed by atoms with E-state index in [1.807, 2.05) is 24.3 Å². The molecule has 2 rings (SSSR count). The van der Waals surface area contributed by atoms with E-state index in [1.54, 1.807) is 25.6 Å². The lowest BCUT2D eigenvalue weighted by Crippen LogP contribution is -2.40. The van der Waals surface area contributed by atoms with Crippen LogP contribution >= 0.6 is 23.4 Å². The average Bonchev–Trinajstić information content (AvgIpc) is 2.56. The molecule has 1 heterocycles. The molecule has 1 aliphatic heterocycles. The number of amides is 3. The Kier molecular flexibility index (Phi) is 4.60. The second kappa shape index (κ2) is 6.06. The molecule has 1 aromatic carbocycles. The fourth-order valence-electron chi connectivity index (χ4n) is 1.99. The number of urea groups is 1. The lowest BCUT2D eigenvalue weighted by molar-refractivity contribution is -0.130. The lowest BCUT2D eigenvalue weighted by atomic mass is 10.1. The van der Waals surface area contributed by atoms with Crippen molar-refractivity contribution < 1.29 is 9.59 Å². The minimum absolute atomic E-state index is 0.161. The Balaban J connectivity index is 1.79. The van der Waals surface area contributed by atoms with E-state index in [4.69, 9.17) is 11.6 Å². The molecule has 0 radical (unpaired) electrons. The molecule has 1 saturated heterocycles. The summed E-state index contributed by atoms with van der Waals surface area (Å²) in [5, 5.41) is 3.39. The molecule has 1 aromatic rings. The number of rotatable bonds is 5. The molecule has 4 nitrogen and oxygen atoms in total. The highest BCUT2D eigenvalue weighted by Crippen LogP contribution is 2.19. The van der Waals surface area contributed by atoms with E-state index in [0.29, 0.717) is 12.3 Å². The van der Waals surface area contributed by atoms with E-state index in [0.717, 1.165) is 16.3 Å². The zero-order chi connectivity index (χ0) is 14.8. The Bertz CT molecular complexity index is 534. The Morgan fingerprint density at radius 2 is 2.10 bits per heavy atom. The molecule has 0 atom stereocenters. The highest BCUT2D eigenvalue weighted by atomic mass is 35.5. The summed E-state index contributed by atoms with van der Waals surface area (Å²) in [6.45, 7) is 3.86. The number of hydrogen-bond acceptors (Lipinski definition) is 3. The van der Waals surface area contributed by atoms with Crippen molar-refractivity contribution in [3.05, 3.63) is 34.9 Å². The number of hydrogen-bond donors (Lipinski definition) is 1.